The molecule has 0 spiro atoms. The molecule has 1 aromatic heterocycles. The summed E-state index contributed by atoms with van der Waals surface area (Å²) in [5, 5.41) is 10.7. The van der Waals surface area contributed by atoms with Crippen LogP contribution >= 0.6 is 0 Å². The van der Waals surface area contributed by atoms with Gasteiger partial charge in [-0.05, 0) is 51.1 Å². The van der Waals surface area contributed by atoms with Crippen LogP contribution in [0.5, 0.6) is 0 Å². The van der Waals surface area contributed by atoms with Gasteiger partial charge in [0, 0.05) is 50.3 Å². The Morgan fingerprint density at radius 1 is 1.27 bits per heavy atom. The van der Waals surface area contributed by atoms with E-state index in [0.29, 0.717) is 30.3 Å². The number of nitrogens with zero attached hydrogens (tertiary/aromatic N) is 3. The smallest absolute Gasteiger partial charge is 0.314 e. The van der Waals surface area contributed by atoms with Gasteiger partial charge >= 0.3 is 6.03 Å². The third kappa shape index (κ3) is 3.48. The summed E-state index contributed by atoms with van der Waals surface area (Å²) in [5.74, 6) is 2.00. The number of carbonyl (C=O) groups excluding carboxylic acids is 1. The molecule has 2 N–H and O–H groups in total. The summed E-state index contributed by atoms with van der Waals surface area (Å²) >= 11 is 0. The van der Waals surface area contributed by atoms with E-state index < -0.39 is 0 Å². The molecule has 1 aromatic rings. The molecule has 5 rings (SSSR count). The predicted molar refractivity (Wildman–Crippen MR) is 102 cm³/mol. The minimum absolute atomic E-state index is 0.0421. The highest BCUT2D eigenvalue weighted by Crippen LogP contribution is 2.43. The summed E-state index contributed by atoms with van der Waals surface area (Å²) < 4.78 is 2.15. The highest BCUT2D eigenvalue weighted by Gasteiger charge is 2.42. The van der Waals surface area contributed by atoms with E-state index in [-0.39, 0.29) is 6.03 Å². The van der Waals surface area contributed by atoms with Gasteiger partial charge in [0.1, 0.15) is 0 Å². The number of fused-ring (bicyclic) bond motifs is 3. The summed E-state index contributed by atoms with van der Waals surface area (Å²) in [4.78, 5) is 14.3. The van der Waals surface area contributed by atoms with Crippen LogP contribution in [0.3, 0.4) is 0 Å². The average molecular weight is 360 g/mol. The van der Waals surface area contributed by atoms with E-state index in [1.807, 2.05) is 6.92 Å². The van der Waals surface area contributed by atoms with Gasteiger partial charge in [-0.1, -0.05) is 12.8 Å². The molecule has 4 atom stereocenters. The fourth-order valence-corrected chi connectivity index (χ4v) is 5.39. The third-order valence-corrected chi connectivity index (χ3v) is 6.80. The van der Waals surface area contributed by atoms with E-state index >= 15 is 0 Å². The van der Waals surface area contributed by atoms with Crippen molar-refractivity contribution in [2.24, 2.45) is 13.0 Å². The Labute approximate surface area is 156 Å². The fourth-order valence-electron chi connectivity index (χ4n) is 5.39. The molecule has 4 unspecified atom stereocenters. The first-order valence-corrected chi connectivity index (χ1v) is 10.4. The number of nitrogens with one attached hydrogen (secondary N) is 2. The molecule has 0 radical (unpaired) electrons. The number of aryl methyl sites for hydroxylation is 1. The molecule has 26 heavy (non-hydrogen) atoms. The van der Waals surface area contributed by atoms with Gasteiger partial charge < -0.3 is 10.6 Å². The standard InChI is InChI=1S/C20H33N5O/c1-3-21-20(26)22-12-16-10-15-8-9-25(16)13-17(15)19-11-18(23-24(19)2)14-6-4-5-7-14/h11,14-17H,3-10,12-13H2,1-2H3,(H2,21,22,26). The highest BCUT2D eigenvalue weighted by atomic mass is 16.2. The minimum atomic E-state index is -0.0421. The topological polar surface area (TPSA) is 62.2 Å². The Kier molecular flexibility index (Phi) is 5.20. The molecule has 1 aliphatic carbocycles. The number of aromatic nitrogens is 2. The van der Waals surface area contributed by atoms with Crippen molar-refractivity contribution in [3.8, 4) is 0 Å². The van der Waals surface area contributed by atoms with Gasteiger partial charge in [0.05, 0.1) is 5.69 Å². The SMILES string of the molecule is CCNC(=O)NCC1CC2CCN1CC2c1cc(C2CCCC2)nn1C. The van der Waals surface area contributed by atoms with E-state index in [4.69, 9.17) is 5.10 Å². The summed E-state index contributed by atoms with van der Waals surface area (Å²) in [6, 6.07) is 2.85. The Balaban J connectivity index is 1.40. The molecule has 4 fully saturated rings. The molecule has 3 aliphatic heterocycles. The van der Waals surface area contributed by atoms with Crippen LogP contribution in [-0.2, 0) is 7.05 Å². The summed E-state index contributed by atoms with van der Waals surface area (Å²) in [7, 11) is 2.12. The zero-order valence-corrected chi connectivity index (χ0v) is 16.2. The highest BCUT2D eigenvalue weighted by molar-refractivity contribution is 5.73. The second-order valence-electron chi connectivity index (χ2n) is 8.38. The Hall–Kier alpha value is -1.56. The molecule has 4 heterocycles. The van der Waals surface area contributed by atoms with Gasteiger partial charge in [-0.25, -0.2) is 4.79 Å². The van der Waals surface area contributed by atoms with Crippen molar-refractivity contribution in [2.75, 3.05) is 26.2 Å². The van der Waals surface area contributed by atoms with Crippen molar-refractivity contribution < 1.29 is 4.79 Å². The van der Waals surface area contributed by atoms with Gasteiger partial charge in [0.15, 0.2) is 0 Å². The lowest BCUT2D eigenvalue weighted by molar-refractivity contribution is 0.0294. The second-order valence-corrected chi connectivity index (χ2v) is 8.38. The van der Waals surface area contributed by atoms with Crippen LogP contribution in [-0.4, -0.2) is 52.9 Å². The maximum absolute atomic E-state index is 11.7. The fraction of sp³-hybridized carbons (Fsp3) is 0.800. The largest absolute Gasteiger partial charge is 0.338 e. The van der Waals surface area contributed by atoms with Crippen molar-refractivity contribution in [3.63, 3.8) is 0 Å². The predicted octanol–water partition coefficient (Wildman–Crippen LogP) is 2.57. The van der Waals surface area contributed by atoms with Crippen molar-refractivity contribution in [2.45, 2.75) is 63.3 Å². The van der Waals surface area contributed by atoms with Crippen molar-refractivity contribution in [1.82, 2.24) is 25.3 Å². The molecule has 2 amide bonds. The van der Waals surface area contributed by atoms with Gasteiger partial charge in [-0.3, -0.25) is 9.58 Å². The van der Waals surface area contributed by atoms with Gasteiger partial charge in [0.2, 0.25) is 0 Å². The minimum Gasteiger partial charge on any atom is -0.338 e. The third-order valence-electron chi connectivity index (χ3n) is 6.80. The van der Waals surface area contributed by atoms with Crippen LogP contribution in [0.2, 0.25) is 0 Å². The molecule has 6 heteroatoms. The first-order valence-electron chi connectivity index (χ1n) is 10.4. The Morgan fingerprint density at radius 2 is 2.08 bits per heavy atom. The van der Waals surface area contributed by atoms with Crippen LogP contribution in [0.4, 0.5) is 4.79 Å². The van der Waals surface area contributed by atoms with Crippen molar-refractivity contribution in [3.05, 3.63) is 17.5 Å². The molecular formula is C20H33N5O. The molecule has 0 aromatic carbocycles. The molecule has 144 valence electrons. The van der Waals surface area contributed by atoms with Crippen LogP contribution in [0, 0.1) is 5.92 Å². The quantitative estimate of drug-likeness (QED) is 0.849. The number of rotatable bonds is 5. The Bertz CT molecular complexity index is 636. The lowest BCUT2D eigenvalue weighted by Crippen LogP contribution is -2.56. The number of piperidine rings is 3. The van der Waals surface area contributed by atoms with Gasteiger partial charge in [0.25, 0.3) is 0 Å². The molecule has 3 saturated heterocycles. The number of amides is 2. The lowest BCUT2D eigenvalue weighted by Gasteiger charge is -2.49. The Morgan fingerprint density at radius 3 is 2.77 bits per heavy atom. The van der Waals surface area contributed by atoms with Gasteiger partial charge in [-0.2, -0.15) is 5.10 Å². The van der Waals surface area contributed by atoms with E-state index in [9.17, 15) is 4.79 Å². The number of urea groups is 1. The van der Waals surface area contributed by atoms with E-state index in [1.165, 1.54) is 49.9 Å². The zero-order chi connectivity index (χ0) is 18.1. The van der Waals surface area contributed by atoms with Crippen LogP contribution < -0.4 is 10.6 Å². The first kappa shape index (κ1) is 17.8. The van der Waals surface area contributed by atoms with Crippen molar-refractivity contribution >= 4 is 6.03 Å². The summed E-state index contributed by atoms with van der Waals surface area (Å²) in [6.07, 6.45) is 7.79. The van der Waals surface area contributed by atoms with E-state index in [1.54, 1.807) is 0 Å². The van der Waals surface area contributed by atoms with Crippen LogP contribution in [0.15, 0.2) is 6.07 Å². The summed E-state index contributed by atoms with van der Waals surface area (Å²) in [5.41, 5.74) is 2.75. The number of hydrogen-bond acceptors (Lipinski definition) is 3. The molecule has 1 saturated carbocycles. The van der Waals surface area contributed by atoms with Gasteiger partial charge in [-0.15, -0.1) is 0 Å². The molecule has 6 nitrogen and oxygen atoms in total. The zero-order valence-electron chi connectivity index (χ0n) is 16.2. The number of hydrogen-bond donors (Lipinski definition) is 2. The van der Waals surface area contributed by atoms with Crippen LogP contribution in [0.1, 0.15) is 68.7 Å². The lowest BCUT2D eigenvalue weighted by atomic mass is 9.74. The average Bonchev–Trinajstić information content (AvgIpc) is 3.30. The molecular weight excluding hydrogens is 326 g/mol. The molecule has 4 aliphatic rings. The monoisotopic (exact) mass is 359 g/mol. The maximum atomic E-state index is 11.7. The number of carbonyl (C=O) groups is 1. The van der Waals surface area contributed by atoms with E-state index in [2.05, 4.69) is 33.3 Å². The van der Waals surface area contributed by atoms with E-state index in [0.717, 1.165) is 19.6 Å². The summed E-state index contributed by atoms with van der Waals surface area (Å²) in [6.45, 7) is 5.65. The molecule has 2 bridgehead atoms. The first-order chi connectivity index (χ1) is 12.7. The van der Waals surface area contributed by atoms with Crippen LogP contribution in [0.25, 0.3) is 0 Å². The van der Waals surface area contributed by atoms with Crippen molar-refractivity contribution in [1.29, 1.82) is 0 Å². The second kappa shape index (κ2) is 7.59. The normalized spacial score (nSPS) is 31.3. The maximum Gasteiger partial charge on any atom is 0.314 e.